The smallest absolute Gasteiger partial charge is 0.262 e. The van der Waals surface area contributed by atoms with Gasteiger partial charge in [0, 0.05) is 60.6 Å². The standard InChI is InChI=1S/C19H25N7O3S/c1-18(2)10-13-15(17(27)22-18)19(12-11-20-23-16(12)21-13)5-8-26(9-6-19)30(28,29)14-4-7-25(3)24-14/h4,7,21H,5-6,8-11H2,1-3H3,(H,22,27). The second kappa shape index (κ2) is 6.24. The molecule has 1 aromatic rings. The molecule has 5 rings (SSSR count). The van der Waals surface area contributed by atoms with Crippen LogP contribution < -0.4 is 10.6 Å². The van der Waals surface area contributed by atoms with Gasteiger partial charge in [-0.15, -0.1) is 5.11 Å². The highest BCUT2D eigenvalue weighted by atomic mass is 32.2. The Labute approximate surface area is 175 Å². The summed E-state index contributed by atoms with van der Waals surface area (Å²) in [4.78, 5) is 13.2. The lowest BCUT2D eigenvalue weighted by molar-refractivity contribution is -0.121. The maximum Gasteiger partial charge on any atom is 0.262 e. The van der Waals surface area contributed by atoms with Gasteiger partial charge >= 0.3 is 0 Å². The Bertz CT molecular complexity index is 1130. The molecule has 4 aliphatic rings. The Hall–Kier alpha value is -2.53. The predicted molar refractivity (Wildman–Crippen MR) is 107 cm³/mol. The number of aromatic nitrogens is 2. The number of azo groups is 1. The van der Waals surface area contributed by atoms with Gasteiger partial charge in [0.2, 0.25) is 5.91 Å². The molecule has 1 saturated heterocycles. The van der Waals surface area contributed by atoms with Gasteiger partial charge < -0.3 is 10.6 Å². The molecule has 160 valence electrons. The van der Waals surface area contributed by atoms with Gasteiger partial charge in [-0.1, -0.05) is 0 Å². The summed E-state index contributed by atoms with van der Waals surface area (Å²) in [6, 6.07) is 1.51. The van der Waals surface area contributed by atoms with Crippen molar-refractivity contribution in [1.82, 2.24) is 24.7 Å². The molecule has 30 heavy (non-hydrogen) atoms. The fourth-order valence-corrected chi connectivity index (χ4v) is 6.49. The minimum atomic E-state index is -3.67. The summed E-state index contributed by atoms with van der Waals surface area (Å²) in [6.45, 7) is 5.03. The molecule has 10 nitrogen and oxygen atoms in total. The van der Waals surface area contributed by atoms with Crippen LogP contribution in [0.3, 0.4) is 0 Å². The molecule has 0 saturated carbocycles. The molecule has 0 aliphatic carbocycles. The van der Waals surface area contributed by atoms with Crippen molar-refractivity contribution in [2.24, 2.45) is 22.7 Å². The van der Waals surface area contributed by atoms with E-state index in [1.807, 2.05) is 13.8 Å². The molecule has 0 bridgehead atoms. The molecule has 11 heteroatoms. The highest BCUT2D eigenvalue weighted by Gasteiger charge is 2.53. The second-order valence-electron chi connectivity index (χ2n) is 9.03. The highest BCUT2D eigenvalue weighted by Crippen LogP contribution is 2.53. The summed E-state index contributed by atoms with van der Waals surface area (Å²) in [5, 5.41) is 19.0. The normalized spacial score (nSPS) is 25.2. The highest BCUT2D eigenvalue weighted by molar-refractivity contribution is 7.89. The maximum atomic E-state index is 13.2. The topological polar surface area (TPSA) is 121 Å². The van der Waals surface area contributed by atoms with Crippen molar-refractivity contribution in [3.05, 3.63) is 34.9 Å². The Morgan fingerprint density at radius 3 is 2.60 bits per heavy atom. The summed E-state index contributed by atoms with van der Waals surface area (Å²) in [7, 11) is -1.98. The number of amides is 1. The third kappa shape index (κ3) is 2.75. The van der Waals surface area contributed by atoms with Crippen LogP contribution in [-0.4, -0.2) is 53.6 Å². The van der Waals surface area contributed by atoms with Crippen LogP contribution >= 0.6 is 0 Å². The number of aryl methyl sites for hydroxylation is 1. The fourth-order valence-electron chi connectivity index (χ4n) is 5.10. The van der Waals surface area contributed by atoms with E-state index in [0.717, 1.165) is 22.7 Å². The largest absolute Gasteiger partial charge is 0.347 e. The first-order valence-electron chi connectivity index (χ1n) is 10.1. The van der Waals surface area contributed by atoms with Crippen molar-refractivity contribution >= 4 is 15.9 Å². The summed E-state index contributed by atoms with van der Waals surface area (Å²) in [5.74, 6) is 0.633. The lowest BCUT2D eigenvalue weighted by atomic mass is 9.63. The van der Waals surface area contributed by atoms with E-state index in [4.69, 9.17) is 0 Å². The summed E-state index contributed by atoms with van der Waals surface area (Å²) in [6.07, 6.45) is 3.31. The molecule has 1 fully saturated rings. The van der Waals surface area contributed by atoms with Crippen LogP contribution in [0, 0.1) is 5.41 Å². The van der Waals surface area contributed by atoms with Gasteiger partial charge in [0.25, 0.3) is 10.0 Å². The number of carbonyl (C=O) groups is 1. The van der Waals surface area contributed by atoms with Gasteiger partial charge in [0.05, 0.1) is 6.54 Å². The van der Waals surface area contributed by atoms with Gasteiger partial charge in [0.15, 0.2) is 10.8 Å². The predicted octanol–water partition coefficient (Wildman–Crippen LogP) is 1.02. The Balaban J connectivity index is 1.50. The molecule has 1 spiro atoms. The minimum absolute atomic E-state index is 0.0501. The lowest BCUT2D eigenvalue weighted by Gasteiger charge is -2.49. The number of piperidine rings is 1. The monoisotopic (exact) mass is 431 g/mol. The number of carbonyl (C=O) groups excluding carboxylic acids is 1. The van der Waals surface area contributed by atoms with E-state index in [9.17, 15) is 13.2 Å². The zero-order chi connectivity index (χ0) is 21.3. The summed E-state index contributed by atoms with van der Waals surface area (Å²) < 4.78 is 29.0. The number of dihydropyridines is 1. The van der Waals surface area contributed by atoms with Crippen LogP contribution in [0.15, 0.2) is 50.2 Å². The maximum absolute atomic E-state index is 13.2. The molecule has 1 aromatic heterocycles. The average molecular weight is 432 g/mol. The molecule has 1 amide bonds. The number of nitrogens with one attached hydrogen (secondary N) is 2. The first-order valence-corrected chi connectivity index (χ1v) is 11.5. The number of hydrogen-bond donors (Lipinski definition) is 2. The molecular formula is C19H25N7O3S. The molecule has 2 N–H and O–H groups in total. The Kier molecular flexibility index (Phi) is 4.04. The van der Waals surface area contributed by atoms with Crippen molar-refractivity contribution in [3.63, 3.8) is 0 Å². The van der Waals surface area contributed by atoms with E-state index in [0.29, 0.717) is 38.9 Å². The average Bonchev–Trinajstić information content (AvgIpc) is 3.30. The van der Waals surface area contributed by atoms with Crippen LogP contribution in [0.5, 0.6) is 0 Å². The zero-order valence-electron chi connectivity index (χ0n) is 17.3. The van der Waals surface area contributed by atoms with E-state index in [1.165, 1.54) is 15.1 Å². The van der Waals surface area contributed by atoms with Gasteiger partial charge in [-0.25, -0.2) is 8.42 Å². The molecule has 4 aliphatic heterocycles. The SMILES string of the molecule is Cn1ccc(S(=O)(=O)N2CCC3(CC2)C2=C(N=NC2)NC2=C3C(=O)NC(C)(C)C2)n1. The van der Waals surface area contributed by atoms with E-state index in [1.54, 1.807) is 13.2 Å². The van der Waals surface area contributed by atoms with Crippen LogP contribution in [0.4, 0.5) is 0 Å². The molecular weight excluding hydrogens is 406 g/mol. The Morgan fingerprint density at radius 1 is 1.20 bits per heavy atom. The van der Waals surface area contributed by atoms with Gasteiger partial charge in [0.1, 0.15) is 0 Å². The van der Waals surface area contributed by atoms with Crippen molar-refractivity contribution in [1.29, 1.82) is 0 Å². The molecule has 0 radical (unpaired) electrons. The van der Waals surface area contributed by atoms with Crippen molar-refractivity contribution < 1.29 is 13.2 Å². The molecule has 5 heterocycles. The quantitative estimate of drug-likeness (QED) is 0.724. The van der Waals surface area contributed by atoms with Crippen LogP contribution in [0.2, 0.25) is 0 Å². The van der Waals surface area contributed by atoms with Gasteiger partial charge in [-0.05, 0) is 32.8 Å². The lowest BCUT2D eigenvalue weighted by Crippen LogP contribution is -2.56. The molecule has 0 aromatic carbocycles. The van der Waals surface area contributed by atoms with E-state index >= 15 is 0 Å². The Morgan fingerprint density at radius 2 is 1.93 bits per heavy atom. The van der Waals surface area contributed by atoms with E-state index < -0.39 is 15.4 Å². The van der Waals surface area contributed by atoms with Crippen molar-refractivity contribution in [2.75, 3.05) is 19.6 Å². The van der Waals surface area contributed by atoms with E-state index in [2.05, 4.69) is 26.0 Å². The van der Waals surface area contributed by atoms with Crippen molar-refractivity contribution in [2.45, 2.75) is 43.7 Å². The minimum Gasteiger partial charge on any atom is -0.347 e. The number of sulfonamides is 1. The number of nitrogens with zero attached hydrogens (tertiary/aromatic N) is 5. The number of fused-ring (bicyclic) bond motifs is 2. The third-order valence-electron chi connectivity index (χ3n) is 6.48. The van der Waals surface area contributed by atoms with Crippen molar-refractivity contribution in [3.8, 4) is 0 Å². The number of hydrogen-bond acceptors (Lipinski definition) is 7. The fraction of sp³-hybridized carbons (Fsp3) is 0.579. The van der Waals surface area contributed by atoms with E-state index in [-0.39, 0.29) is 16.5 Å². The molecule has 0 atom stereocenters. The van der Waals surface area contributed by atoms with Gasteiger partial charge in [-0.2, -0.15) is 14.5 Å². The van der Waals surface area contributed by atoms with Crippen LogP contribution in [0.1, 0.15) is 33.1 Å². The first-order chi connectivity index (χ1) is 14.1. The summed E-state index contributed by atoms with van der Waals surface area (Å²) >= 11 is 0. The van der Waals surface area contributed by atoms with Crippen LogP contribution in [-0.2, 0) is 21.9 Å². The third-order valence-corrected chi connectivity index (χ3v) is 8.27. The summed E-state index contributed by atoms with van der Waals surface area (Å²) in [5.41, 5.74) is 1.69. The second-order valence-corrected chi connectivity index (χ2v) is 10.9. The first kappa shape index (κ1) is 19.4. The molecule has 0 unspecified atom stereocenters. The van der Waals surface area contributed by atoms with Crippen LogP contribution in [0.25, 0.3) is 0 Å². The number of rotatable bonds is 2. The zero-order valence-corrected chi connectivity index (χ0v) is 18.1. The van der Waals surface area contributed by atoms with Gasteiger partial charge in [-0.3, -0.25) is 9.48 Å².